The number of rotatable bonds is 14. The Bertz CT molecular complexity index is 1000. The first-order valence-electron chi connectivity index (χ1n) is 11.5. The van der Waals surface area contributed by atoms with Crippen molar-refractivity contribution in [3.63, 3.8) is 0 Å². The SMILES string of the molecule is COCCC(OC(=O)/C=C/C(=O)OC(CCOC)C(=O)c1cccc(C)c1)C(=O)c1cccc(C)c1. The molecular formula is C28H32O8. The van der Waals surface area contributed by atoms with Gasteiger partial charge in [0.15, 0.2) is 12.2 Å². The molecule has 8 nitrogen and oxygen atoms in total. The molecule has 0 saturated heterocycles. The molecule has 0 aromatic heterocycles. The second-order valence-corrected chi connectivity index (χ2v) is 8.21. The van der Waals surface area contributed by atoms with Crippen molar-refractivity contribution in [3.8, 4) is 0 Å². The van der Waals surface area contributed by atoms with Gasteiger partial charge >= 0.3 is 11.9 Å². The molecule has 0 N–H and O–H groups in total. The molecule has 2 rings (SSSR count). The summed E-state index contributed by atoms with van der Waals surface area (Å²) in [5.74, 6) is -2.54. The highest BCUT2D eigenvalue weighted by Gasteiger charge is 2.25. The van der Waals surface area contributed by atoms with Gasteiger partial charge in [-0.2, -0.15) is 0 Å². The van der Waals surface area contributed by atoms with Gasteiger partial charge < -0.3 is 18.9 Å². The minimum Gasteiger partial charge on any atom is -0.451 e. The number of carbonyl (C=O) groups excluding carboxylic acids is 4. The maximum absolute atomic E-state index is 12.9. The number of carbonyl (C=O) groups is 4. The number of Topliss-reactive ketones (excluding diaryl/α,β-unsaturated/α-hetero) is 2. The maximum atomic E-state index is 12.9. The van der Waals surface area contributed by atoms with Gasteiger partial charge in [-0.1, -0.05) is 47.5 Å². The molecule has 2 unspecified atom stereocenters. The van der Waals surface area contributed by atoms with Crippen molar-refractivity contribution in [2.45, 2.75) is 38.9 Å². The quantitative estimate of drug-likeness (QED) is 0.221. The van der Waals surface area contributed by atoms with E-state index in [0.717, 1.165) is 23.3 Å². The van der Waals surface area contributed by atoms with E-state index in [4.69, 9.17) is 18.9 Å². The van der Waals surface area contributed by atoms with Crippen molar-refractivity contribution < 1.29 is 38.1 Å². The van der Waals surface area contributed by atoms with Gasteiger partial charge in [-0.15, -0.1) is 0 Å². The molecule has 192 valence electrons. The predicted octanol–water partition coefficient (Wildman–Crippen LogP) is 3.82. The normalized spacial score (nSPS) is 12.7. The van der Waals surface area contributed by atoms with Gasteiger partial charge in [0.2, 0.25) is 11.6 Å². The van der Waals surface area contributed by atoms with Crippen LogP contribution < -0.4 is 0 Å². The lowest BCUT2D eigenvalue weighted by molar-refractivity contribution is -0.144. The van der Waals surface area contributed by atoms with E-state index in [2.05, 4.69) is 0 Å². The fourth-order valence-electron chi connectivity index (χ4n) is 3.40. The summed E-state index contributed by atoms with van der Waals surface area (Å²) in [6.45, 7) is 4.10. The Hall–Kier alpha value is -3.62. The Balaban J connectivity index is 2.05. The van der Waals surface area contributed by atoms with Crippen LogP contribution in [-0.2, 0) is 28.5 Å². The lowest BCUT2D eigenvalue weighted by Crippen LogP contribution is -2.29. The molecule has 0 spiro atoms. The van der Waals surface area contributed by atoms with Crippen LogP contribution in [-0.4, -0.2) is 63.1 Å². The van der Waals surface area contributed by atoms with Crippen molar-refractivity contribution >= 4 is 23.5 Å². The smallest absolute Gasteiger partial charge is 0.331 e. The molecule has 2 aromatic rings. The average molecular weight is 497 g/mol. The van der Waals surface area contributed by atoms with E-state index in [9.17, 15) is 19.2 Å². The average Bonchev–Trinajstić information content (AvgIpc) is 2.86. The Morgan fingerprint density at radius 2 is 1.08 bits per heavy atom. The van der Waals surface area contributed by atoms with E-state index in [-0.39, 0.29) is 37.6 Å². The number of aryl methyl sites for hydroxylation is 2. The molecule has 0 heterocycles. The van der Waals surface area contributed by atoms with Gasteiger partial charge in [-0.25, -0.2) is 9.59 Å². The van der Waals surface area contributed by atoms with Crippen LogP contribution in [0.3, 0.4) is 0 Å². The summed E-state index contributed by atoms with van der Waals surface area (Å²) in [5.41, 5.74) is 2.60. The topological polar surface area (TPSA) is 105 Å². The summed E-state index contributed by atoms with van der Waals surface area (Å²) in [6.07, 6.45) is -0.129. The van der Waals surface area contributed by atoms with Gasteiger partial charge in [-0.05, 0) is 26.0 Å². The van der Waals surface area contributed by atoms with Crippen molar-refractivity contribution in [2.24, 2.45) is 0 Å². The zero-order chi connectivity index (χ0) is 26.5. The molecule has 0 aliphatic rings. The predicted molar refractivity (Wildman–Crippen MR) is 133 cm³/mol. The number of hydrogen-bond donors (Lipinski definition) is 0. The third-order valence-corrected chi connectivity index (χ3v) is 5.23. The first-order valence-corrected chi connectivity index (χ1v) is 11.5. The summed E-state index contributed by atoms with van der Waals surface area (Å²) < 4.78 is 20.7. The molecule has 36 heavy (non-hydrogen) atoms. The highest BCUT2D eigenvalue weighted by atomic mass is 16.6. The van der Waals surface area contributed by atoms with Crippen LogP contribution in [0.1, 0.15) is 44.7 Å². The van der Waals surface area contributed by atoms with E-state index in [1.807, 2.05) is 26.0 Å². The Morgan fingerprint density at radius 3 is 1.42 bits per heavy atom. The number of ketones is 2. The molecule has 0 amide bonds. The number of methoxy groups -OCH3 is 2. The van der Waals surface area contributed by atoms with Gasteiger partial charge in [0, 0.05) is 50.3 Å². The lowest BCUT2D eigenvalue weighted by atomic mass is 10.0. The van der Waals surface area contributed by atoms with Gasteiger partial charge in [0.05, 0.1) is 13.2 Å². The molecular weight excluding hydrogens is 464 g/mol. The van der Waals surface area contributed by atoms with Crippen LogP contribution in [0.5, 0.6) is 0 Å². The number of ether oxygens (including phenoxy) is 4. The third kappa shape index (κ3) is 9.20. The zero-order valence-corrected chi connectivity index (χ0v) is 21.0. The monoisotopic (exact) mass is 496 g/mol. The summed E-state index contributed by atoms with van der Waals surface area (Å²) in [6, 6.07) is 13.9. The summed E-state index contributed by atoms with van der Waals surface area (Å²) in [5, 5.41) is 0. The van der Waals surface area contributed by atoms with E-state index in [1.165, 1.54) is 14.2 Å². The fourth-order valence-corrected chi connectivity index (χ4v) is 3.40. The molecule has 0 bridgehead atoms. The summed E-state index contributed by atoms with van der Waals surface area (Å²) in [7, 11) is 2.95. The van der Waals surface area contributed by atoms with Crippen molar-refractivity contribution in [1.82, 2.24) is 0 Å². The van der Waals surface area contributed by atoms with Crippen LogP contribution in [0.25, 0.3) is 0 Å². The molecule has 0 aliphatic heterocycles. The van der Waals surface area contributed by atoms with Gasteiger partial charge in [0.25, 0.3) is 0 Å². The molecule has 2 atom stereocenters. The second kappa shape index (κ2) is 14.7. The lowest BCUT2D eigenvalue weighted by Gasteiger charge is -2.17. The van der Waals surface area contributed by atoms with Gasteiger partial charge in [0.1, 0.15) is 0 Å². The molecule has 8 heteroatoms. The zero-order valence-electron chi connectivity index (χ0n) is 21.0. The minimum absolute atomic E-state index is 0.150. The number of hydrogen-bond acceptors (Lipinski definition) is 8. The highest BCUT2D eigenvalue weighted by molar-refractivity contribution is 6.02. The first-order chi connectivity index (χ1) is 17.2. The Kier molecular flexibility index (Phi) is 11.7. The third-order valence-electron chi connectivity index (χ3n) is 5.23. The van der Waals surface area contributed by atoms with Crippen LogP contribution in [0.2, 0.25) is 0 Å². The molecule has 0 fully saturated rings. The maximum Gasteiger partial charge on any atom is 0.331 e. The molecule has 0 saturated carbocycles. The van der Waals surface area contributed by atoms with Crippen molar-refractivity contribution in [3.05, 3.63) is 82.9 Å². The molecule has 0 radical (unpaired) electrons. The summed E-state index contributed by atoms with van der Waals surface area (Å²) >= 11 is 0. The first kappa shape index (κ1) is 28.6. The van der Waals surface area contributed by atoms with E-state index in [0.29, 0.717) is 11.1 Å². The van der Waals surface area contributed by atoms with Crippen molar-refractivity contribution in [1.29, 1.82) is 0 Å². The number of benzene rings is 2. The minimum atomic E-state index is -1.09. The van der Waals surface area contributed by atoms with E-state index < -0.39 is 24.1 Å². The van der Waals surface area contributed by atoms with Crippen LogP contribution >= 0.6 is 0 Å². The van der Waals surface area contributed by atoms with Crippen LogP contribution in [0.4, 0.5) is 0 Å². The summed E-state index contributed by atoms with van der Waals surface area (Å²) in [4.78, 5) is 50.5. The van der Waals surface area contributed by atoms with E-state index >= 15 is 0 Å². The fraction of sp³-hybridized carbons (Fsp3) is 0.357. The Morgan fingerprint density at radius 1 is 0.694 bits per heavy atom. The van der Waals surface area contributed by atoms with Gasteiger partial charge in [-0.3, -0.25) is 9.59 Å². The largest absolute Gasteiger partial charge is 0.451 e. The second-order valence-electron chi connectivity index (χ2n) is 8.21. The van der Waals surface area contributed by atoms with Crippen LogP contribution in [0, 0.1) is 13.8 Å². The van der Waals surface area contributed by atoms with Crippen LogP contribution in [0.15, 0.2) is 60.7 Å². The van der Waals surface area contributed by atoms with Crippen molar-refractivity contribution in [2.75, 3.05) is 27.4 Å². The Labute approximate surface area is 211 Å². The highest BCUT2D eigenvalue weighted by Crippen LogP contribution is 2.14. The van der Waals surface area contributed by atoms with E-state index in [1.54, 1.807) is 36.4 Å². The molecule has 2 aromatic carbocycles. The molecule has 0 aliphatic carbocycles. The standard InChI is InChI=1S/C28H32O8/c1-19-7-5-9-21(17-19)27(31)23(13-15-33-3)35-25(29)11-12-26(30)36-24(14-16-34-4)28(32)22-10-6-8-20(2)18-22/h5-12,17-18,23-24H,13-16H2,1-4H3/b12-11+. The number of esters is 2.